The van der Waals surface area contributed by atoms with E-state index in [0.29, 0.717) is 6.04 Å². The summed E-state index contributed by atoms with van der Waals surface area (Å²) in [6, 6.07) is 6.55. The highest BCUT2D eigenvalue weighted by Gasteiger charge is 2.31. The Labute approximate surface area is 109 Å². The molecule has 98 valence electrons. The minimum absolute atomic E-state index is 0.0000491. The number of aryl methyl sites for hydroxylation is 2. The first-order chi connectivity index (χ1) is 8.47. The van der Waals surface area contributed by atoms with Gasteiger partial charge in [-0.1, -0.05) is 17.7 Å². The molecule has 1 aromatic carbocycles. The Hall–Kier alpha value is -1.55. The Morgan fingerprint density at radius 1 is 1.33 bits per heavy atom. The van der Waals surface area contributed by atoms with Crippen molar-refractivity contribution < 1.29 is 4.79 Å². The summed E-state index contributed by atoms with van der Waals surface area (Å²) >= 11 is 0. The fourth-order valence-corrected chi connectivity index (χ4v) is 2.10. The number of hydrogen-bond acceptors (Lipinski definition) is 2. The minimum Gasteiger partial charge on any atom is -0.321 e. The van der Waals surface area contributed by atoms with Crippen molar-refractivity contribution in [3.05, 3.63) is 29.3 Å². The number of urea groups is 1. The van der Waals surface area contributed by atoms with E-state index in [1.54, 1.807) is 0 Å². The maximum absolute atomic E-state index is 12.0. The molecular formula is C14H21N3O. The molecule has 0 saturated carbocycles. The lowest BCUT2D eigenvalue weighted by molar-refractivity contribution is 0.0942. The first kappa shape index (κ1) is 12.9. The van der Waals surface area contributed by atoms with E-state index in [4.69, 9.17) is 0 Å². The van der Waals surface area contributed by atoms with Crippen molar-refractivity contribution in [2.45, 2.75) is 19.9 Å². The van der Waals surface area contributed by atoms with Crippen LogP contribution in [0.4, 0.5) is 10.5 Å². The van der Waals surface area contributed by atoms with Crippen LogP contribution >= 0.6 is 0 Å². The second-order valence-corrected chi connectivity index (χ2v) is 5.27. The minimum atomic E-state index is 0.0000491. The van der Waals surface area contributed by atoms with E-state index >= 15 is 0 Å². The lowest BCUT2D eigenvalue weighted by Crippen LogP contribution is -2.60. The molecular weight excluding hydrogens is 226 g/mol. The smallest absolute Gasteiger partial charge is 0.321 e. The Bertz CT molecular complexity index is 450. The first-order valence-electron chi connectivity index (χ1n) is 6.27. The van der Waals surface area contributed by atoms with E-state index in [2.05, 4.69) is 23.2 Å². The van der Waals surface area contributed by atoms with E-state index < -0.39 is 0 Å². The lowest BCUT2D eigenvalue weighted by Gasteiger charge is -2.42. The molecule has 1 fully saturated rings. The number of carbonyl (C=O) groups excluding carboxylic acids is 1. The fraction of sp³-hybridized carbons (Fsp3) is 0.500. The highest BCUT2D eigenvalue weighted by molar-refractivity contribution is 5.90. The summed E-state index contributed by atoms with van der Waals surface area (Å²) in [6.07, 6.45) is 0. The predicted molar refractivity (Wildman–Crippen MR) is 74.0 cm³/mol. The molecule has 0 spiro atoms. The van der Waals surface area contributed by atoms with Gasteiger partial charge in [-0.25, -0.2) is 4.79 Å². The maximum atomic E-state index is 12.0. The molecule has 2 amide bonds. The van der Waals surface area contributed by atoms with Crippen molar-refractivity contribution in [2.75, 3.05) is 32.5 Å². The summed E-state index contributed by atoms with van der Waals surface area (Å²) in [7, 11) is 4.09. The number of hydrogen-bond donors (Lipinski definition) is 1. The molecule has 1 aromatic rings. The van der Waals surface area contributed by atoms with Crippen LogP contribution in [-0.4, -0.2) is 49.1 Å². The number of likely N-dealkylation sites (N-methyl/N-ethyl adjacent to an activating group) is 1. The second kappa shape index (κ2) is 4.98. The zero-order valence-corrected chi connectivity index (χ0v) is 11.5. The summed E-state index contributed by atoms with van der Waals surface area (Å²) in [5.74, 6) is 0. The third-order valence-electron chi connectivity index (χ3n) is 3.50. The predicted octanol–water partition coefficient (Wildman–Crippen LogP) is 2.08. The van der Waals surface area contributed by atoms with Gasteiger partial charge in [-0.05, 0) is 39.6 Å². The fourth-order valence-electron chi connectivity index (χ4n) is 2.10. The van der Waals surface area contributed by atoms with Crippen LogP contribution in [0.25, 0.3) is 0 Å². The topological polar surface area (TPSA) is 35.6 Å². The second-order valence-electron chi connectivity index (χ2n) is 5.27. The number of nitrogens with one attached hydrogen (secondary N) is 1. The summed E-state index contributed by atoms with van der Waals surface area (Å²) in [5.41, 5.74) is 3.22. The molecule has 0 atom stereocenters. The Morgan fingerprint density at radius 3 is 2.56 bits per heavy atom. The van der Waals surface area contributed by atoms with Crippen LogP contribution in [-0.2, 0) is 0 Å². The molecule has 1 N–H and O–H groups in total. The third kappa shape index (κ3) is 2.64. The number of rotatable bonds is 2. The molecule has 1 saturated heterocycles. The number of likely N-dealkylation sites (tertiary alicyclic amines) is 1. The standard InChI is InChI=1S/C14H21N3O/c1-10-5-6-13(11(2)7-10)15-14(18)17-8-12(9-17)16(3)4/h5-7,12H,8-9H2,1-4H3,(H,15,18). The highest BCUT2D eigenvalue weighted by Crippen LogP contribution is 2.19. The van der Waals surface area contributed by atoms with Crippen LogP contribution in [0.15, 0.2) is 18.2 Å². The van der Waals surface area contributed by atoms with E-state index in [1.165, 1.54) is 5.56 Å². The first-order valence-corrected chi connectivity index (χ1v) is 6.27. The van der Waals surface area contributed by atoms with Gasteiger partial charge in [0.05, 0.1) is 0 Å². The largest absolute Gasteiger partial charge is 0.321 e. The maximum Gasteiger partial charge on any atom is 0.321 e. The van der Waals surface area contributed by atoms with Crippen molar-refractivity contribution in [3.63, 3.8) is 0 Å². The number of carbonyl (C=O) groups is 1. The third-order valence-corrected chi connectivity index (χ3v) is 3.50. The molecule has 0 aliphatic carbocycles. The Morgan fingerprint density at radius 2 is 2.00 bits per heavy atom. The molecule has 4 heteroatoms. The van der Waals surface area contributed by atoms with Crippen molar-refractivity contribution in [2.24, 2.45) is 0 Å². The molecule has 0 aromatic heterocycles. The highest BCUT2D eigenvalue weighted by atomic mass is 16.2. The van der Waals surface area contributed by atoms with Gasteiger partial charge in [0.2, 0.25) is 0 Å². The van der Waals surface area contributed by atoms with Crippen LogP contribution in [0.5, 0.6) is 0 Å². The zero-order valence-electron chi connectivity index (χ0n) is 11.5. The number of amides is 2. The average Bonchev–Trinajstić information content (AvgIpc) is 2.19. The van der Waals surface area contributed by atoms with Crippen LogP contribution in [0.3, 0.4) is 0 Å². The van der Waals surface area contributed by atoms with E-state index in [-0.39, 0.29) is 6.03 Å². The molecule has 1 aliphatic rings. The number of benzene rings is 1. The van der Waals surface area contributed by atoms with Crippen molar-refractivity contribution in [1.82, 2.24) is 9.80 Å². The summed E-state index contributed by atoms with van der Waals surface area (Å²) in [6.45, 7) is 5.69. The molecule has 2 rings (SSSR count). The van der Waals surface area contributed by atoms with Gasteiger partial charge < -0.3 is 15.1 Å². The molecule has 0 unspecified atom stereocenters. The van der Waals surface area contributed by atoms with Gasteiger partial charge in [0.1, 0.15) is 0 Å². The summed E-state index contributed by atoms with van der Waals surface area (Å²) in [4.78, 5) is 16.0. The average molecular weight is 247 g/mol. The van der Waals surface area contributed by atoms with Crippen LogP contribution in [0, 0.1) is 13.8 Å². The molecule has 0 bridgehead atoms. The monoisotopic (exact) mass is 247 g/mol. The Kier molecular flexibility index (Phi) is 3.57. The van der Waals surface area contributed by atoms with Crippen molar-refractivity contribution >= 4 is 11.7 Å². The van der Waals surface area contributed by atoms with Crippen LogP contribution in [0.1, 0.15) is 11.1 Å². The Balaban J connectivity index is 1.92. The summed E-state index contributed by atoms with van der Waals surface area (Å²) < 4.78 is 0. The molecule has 1 aliphatic heterocycles. The SMILES string of the molecule is Cc1ccc(NC(=O)N2CC(N(C)C)C2)c(C)c1. The molecule has 0 radical (unpaired) electrons. The summed E-state index contributed by atoms with van der Waals surface area (Å²) in [5, 5.41) is 2.97. The van der Waals surface area contributed by atoms with Gasteiger partial charge >= 0.3 is 6.03 Å². The van der Waals surface area contributed by atoms with Gasteiger partial charge in [0.15, 0.2) is 0 Å². The number of nitrogens with zero attached hydrogens (tertiary/aromatic N) is 2. The van der Waals surface area contributed by atoms with E-state index in [9.17, 15) is 4.79 Å². The van der Waals surface area contributed by atoms with Crippen LogP contribution < -0.4 is 5.32 Å². The van der Waals surface area contributed by atoms with E-state index in [1.807, 2.05) is 38.1 Å². The van der Waals surface area contributed by atoms with Crippen molar-refractivity contribution in [1.29, 1.82) is 0 Å². The lowest BCUT2D eigenvalue weighted by atomic mass is 10.1. The van der Waals surface area contributed by atoms with Crippen LogP contribution in [0.2, 0.25) is 0 Å². The van der Waals surface area contributed by atoms with Gasteiger partial charge in [-0.15, -0.1) is 0 Å². The molecule has 4 nitrogen and oxygen atoms in total. The van der Waals surface area contributed by atoms with Crippen molar-refractivity contribution in [3.8, 4) is 0 Å². The molecule has 1 heterocycles. The quantitative estimate of drug-likeness (QED) is 0.868. The number of anilines is 1. The van der Waals surface area contributed by atoms with Gasteiger partial charge in [-0.2, -0.15) is 0 Å². The van der Waals surface area contributed by atoms with Gasteiger partial charge in [0, 0.05) is 24.8 Å². The van der Waals surface area contributed by atoms with Gasteiger partial charge in [0.25, 0.3) is 0 Å². The normalized spacial score (nSPS) is 15.7. The molecule has 18 heavy (non-hydrogen) atoms. The van der Waals surface area contributed by atoms with Gasteiger partial charge in [-0.3, -0.25) is 0 Å². The van der Waals surface area contributed by atoms with E-state index in [0.717, 1.165) is 24.3 Å². The zero-order chi connectivity index (χ0) is 13.3.